The molecule has 0 amide bonds. The van der Waals surface area contributed by atoms with Crippen LogP contribution < -0.4 is 8.92 Å². The fourth-order valence-corrected chi connectivity index (χ4v) is 6.84. The van der Waals surface area contributed by atoms with Crippen molar-refractivity contribution in [1.29, 1.82) is 0 Å². The summed E-state index contributed by atoms with van der Waals surface area (Å²) >= 11 is 0.431. The Morgan fingerprint density at radius 3 is 1.84 bits per heavy atom. The summed E-state index contributed by atoms with van der Waals surface area (Å²) in [6.45, 7) is 6.01. The molecule has 3 aromatic rings. The third-order valence-corrected chi connectivity index (χ3v) is 8.91. The van der Waals surface area contributed by atoms with E-state index in [4.69, 9.17) is 0 Å². The van der Waals surface area contributed by atoms with Crippen molar-refractivity contribution in [2.45, 2.75) is 32.5 Å². The van der Waals surface area contributed by atoms with E-state index in [0.29, 0.717) is 15.0 Å². The maximum atomic E-state index is 13.3. The second kappa shape index (κ2) is 11.5. The van der Waals surface area contributed by atoms with Crippen LogP contribution in [0.15, 0.2) is 102 Å². The predicted molar refractivity (Wildman–Crippen MR) is 134 cm³/mol. The van der Waals surface area contributed by atoms with Crippen molar-refractivity contribution < 1.29 is 4.79 Å². The molecule has 158 valence electrons. The van der Waals surface area contributed by atoms with Crippen LogP contribution >= 0.6 is 0 Å². The summed E-state index contributed by atoms with van der Waals surface area (Å²) in [4.78, 5) is 13.3. The fourth-order valence-electron chi connectivity index (χ4n) is 2.96. The van der Waals surface area contributed by atoms with Gasteiger partial charge < -0.3 is 0 Å². The first-order valence-corrected chi connectivity index (χ1v) is 14.2. The van der Waals surface area contributed by atoms with E-state index < -0.39 is 5.41 Å². The van der Waals surface area contributed by atoms with Crippen LogP contribution in [-0.2, 0) is 4.79 Å². The Bertz CT molecular complexity index is 1040. The number of ketones is 1. The molecule has 3 aromatic carbocycles. The Balaban J connectivity index is 1.99. The molecular formula is C28H28OSe2. The number of rotatable bonds is 8. The van der Waals surface area contributed by atoms with E-state index in [-0.39, 0.29) is 20.7 Å². The number of carbonyl (C=O) groups excluding carboxylic acids is 1. The summed E-state index contributed by atoms with van der Waals surface area (Å²) in [7, 11) is 0. The van der Waals surface area contributed by atoms with Gasteiger partial charge in [0.15, 0.2) is 0 Å². The van der Waals surface area contributed by atoms with Gasteiger partial charge in [0.2, 0.25) is 0 Å². The Hall–Kier alpha value is -2.11. The molecule has 31 heavy (non-hydrogen) atoms. The molecule has 0 atom stereocenters. The van der Waals surface area contributed by atoms with E-state index in [1.165, 1.54) is 8.92 Å². The van der Waals surface area contributed by atoms with Crippen LogP contribution in [0.25, 0.3) is 4.47 Å². The molecule has 3 heteroatoms. The summed E-state index contributed by atoms with van der Waals surface area (Å²) in [5.41, 5.74) is 5.21. The first-order valence-electron chi connectivity index (χ1n) is 10.4. The van der Waals surface area contributed by atoms with Gasteiger partial charge in [-0.05, 0) is 0 Å². The molecule has 0 aliphatic carbocycles. The second-order valence-corrected chi connectivity index (χ2v) is 12.9. The van der Waals surface area contributed by atoms with E-state index in [9.17, 15) is 4.79 Å². The summed E-state index contributed by atoms with van der Waals surface area (Å²) in [6, 6.07) is 31.5. The average molecular weight is 538 g/mol. The second-order valence-electron chi connectivity index (χ2n) is 8.20. The molecule has 1 nitrogen and oxygen atoms in total. The van der Waals surface area contributed by atoms with Crippen molar-refractivity contribution in [2.24, 2.45) is 5.41 Å². The third kappa shape index (κ3) is 7.51. The van der Waals surface area contributed by atoms with E-state index >= 15 is 0 Å². The first-order chi connectivity index (χ1) is 14.9. The Morgan fingerprint density at radius 2 is 1.29 bits per heavy atom. The van der Waals surface area contributed by atoms with Gasteiger partial charge in [-0.15, -0.1) is 0 Å². The zero-order chi connectivity index (χ0) is 22.1. The van der Waals surface area contributed by atoms with E-state index in [0.717, 1.165) is 27.3 Å². The number of allylic oxidation sites excluding steroid dienone is 1. The molecule has 0 bridgehead atoms. The van der Waals surface area contributed by atoms with Gasteiger partial charge in [-0.1, -0.05) is 0 Å². The Morgan fingerprint density at radius 1 is 0.774 bits per heavy atom. The van der Waals surface area contributed by atoms with Gasteiger partial charge in [0.25, 0.3) is 0 Å². The molecule has 0 saturated carbocycles. The monoisotopic (exact) mass is 540 g/mol. The van der Waals surface area contributed by atoms with Crippen molar-refractivity contribution in [1.82, 2.24) is 0 Å². The zero-order valence-corrected chi connectivity index (χ0v) is 21.7. The standard InChI is InChI=1S/C28H28OSe2/c1-28(2,3)27(29)23(19-20-30-24-15-9-5-10-16-24)21-26(22-13-7-4-8-14-22)31-25-17-11-6-12-18-25/h4-18H,19-20H2,1-3H3. The van der Waals surface area contributed by atoms with Gasteiger partial charge in [0, 0.05) is 0 Å². The molecule has 0 saturated heterocycles. The molecule has 3 rings (SSSR count). The van der Waals surface area contributed by atoms with Crippen molar-refractivity contribution in [3.8, 4) is 0 Å². The average Bonchev–Trinajstić information content (AvgIpc) is 2.78. The maximum absolute atomic E-state index is 13.3. The molecule has 0 spiro atoms. The van der Waals surface area contributed by atoms with Crippen LogP contribution in [-0.4, -0.2) is 35.7 Å². The number of hydrogen-bond acceptors (Lipinski definition) is 1. The minimum atomic E-state index is -0.413. The van der Waals surface area contributed by atoms with Crippen molar-refractivity contribution in [3.63, 3.8) is 0 Å². The molecule has 0 heterocycles. The molecule has 0 fully saturated rings. The predicted octanol–water partition coefficient (Wildman–Crippen LogP) is 5.04. The van der Waals surface area contributed by atoms with Gasteiger partial charge >= 0.3 is 200 Å². The van der Waals surface area contributed by atoms with Crippen LogP contribution in [0.2, 0.25) is 5.32 Å². The molecule has 0 aliphatic rings. The number of Topliss-reactive ketones (excluding diaryl/α,β-unsaturated/α-hetero) is 1. The van der Waals surface area contributed by atoms with Gasteiger partial charge in [-0.2, -0.15) is 0 Å². The minimum absolute atomic E-state index is 0.0800. The molecule has 0 N–H and O–H groups in total. The SMILES string of the molecule is CC(C)(C)C(=O)C(=C=C([Se]c1ccccc1)c1ccccc1)CC[Se]c1ccccc1. The summed E-state index contributed by atoms with van der Waals surface area (Å²) in [6.07, 6.45) is 0.770. The summed E-state index contributed by atoms with van der Waals surface area (Å²) in [5, 5.41) is 1.00. The normalized spacial score (nSPS) is 10.9. The zero-order valence-electron chi connectivity index (χ0n) is 18.3. The number of carbonyl (C=O) groups is 1. The first kappa shape index (κ1) is 23.5. The van der Waals surface area contributed by atoms with Crippen LogP contribution in [0, 0.1) is 5.41 Å². The van der Waals surface area contributed by atoms with Gasteiger partial charge in [-0.3, -0.25) is 0 Å². The van der Waals surface area contributed by atoms with Crippen LogP contribution in [0.1, 0.15) is 32.8 Å². The number of hydrogen-bond donors (Lipinski definition) is 0. The molecule has 0 aromatic heterocycles. The quantitative estimate of drug-likeness (QED) is 0.223. The van der Waals surface area contributed by atoms with Crippen LogP contribution in [0.4, 0.5) is 0 Å². The van der Waals surface area contributed by atoms with Crippen LogP contribution in [0.5, 0.6) is 0 Å². The fraction of sp³-hybridized carbons (Fsp3) is 0.214. The van der Waals surface area contributed by atoms with Gasteiger partial charge in [-0.25, -0.2) is 0 Å². The topological polar surface area (TPSA) is 17.1 Å². The molecule has 0 aliphatic heterocycles. The summed E-state index contributed by atoms with van der Waals surface area (Å²) in [5.74, 6) is 0.202. The van der Waals surface area contributed by atoms with E-state index in [1.807, 2.05) is 32.9 Å². The molecule has 0 unspecified atom stereocenters. The van der Waals surface area contributed by atoms with Gasteiger partial charge in [0.1, 0.15) is 0 Å². The molecule has 0 radical (unpaired) electrons. The van der Waals surface area contributed by atoms with Crippen molar-refractivity contribution in [3.05, 3.63) is 108 Å². The Labute approximate surface area is 199 Å². The Kier molecular flexibility index (Phi) is 8.73. The molecular weight excluding hydrogens is 510 g/mol. The van der Waals surface area contributed by atoms with E-state index in [2.05, 4.69) is 84.6 Å². The van der Waals surface area contributed by atoms with Crippen LogP contribution in [0.3, 0.4) is 0 Å². The van der Waals surface area contributed by atoms with E-state index in [1.54, 1.807) is 0 Å². The van der Waals surface area contributed by atoms with Crippen molar-refractivity contribution >= 4 is 49.1 Å². The van der Waals surface area contributed by atoms with Crippen molar-refractivity contribution in [2.75, 3.05) is 0 Å². The number of benzene rings is 3. The third-order valence-electron chi connectivity index (χ3n) is 4.58. The van der Waals surface area contributed by atoms with Gasteiger partial charge in [0.05, 0.1) is 0 Å². The summed E-state index contributed by atoms with van der Waals surface area (Å²) < 4.78 is 3.80.